The van der Waals surface area contributed by atoms with Gasteiger partial charge in [0.1, 0.15) is 0 Å². The molecule has 0 atom stereocenters. The van der Waals surface area contributed by atoms with Crippen molar-refractivity contribution in [2.24, 2.45) is 0 Å². The molecule has 0 amide bonds. The fraction of sp³-hybridized carbons (Fsp3) is 0.143. The summed E-state index contributed by atoms with van der Waals surface area (Å²) in [5, 5.41) is 10.2. The Bertz CT molecular complexity index is 226. The molecule has 1 aliphatic carbocycles. The highest BCUT2D eigenvalue weighted by atomic mass is 16.6. The van der Waals surface area contributed by atoms with Crippen molar-refractivity contribution < 1.29 is 4.92 Å². The maximum Gasteiger partial charge on any atom is 0.249 e. The molecule has 0 aromatic rings. The van der Waals surface area contributed by atoms with E-state index in [0.29, 0.717) is 6.42 Å². The quantitative estimate of drug-likeness (QED) is 0.407. The average Bonchev–Trinajstić information content (AvgIpc) is 2.12. The van der Waals surface area contributed by atoms with Crippen LogP contribution in [0.5, 0.6) is 0 Å². The van der Waals surface area contributed by atoms with Crippen molar-refractivity contribution in [3.8, 4) is 0 Å². The number of nitrogens with zero attached hydrogens (tertiary/aromatic N) is 1. The smallest absolute Gasteiger partial charge is 0.249 e. The highest BCUT2D eigenvalue weighted by molar-refractivity contribution is 5.19. The molecule has 0 fully saturated rings. The molecule has 0 unspecified atom stereocenters. The van der Waals surface area contributed by atoms with Gasteiger partial charge in [0, 0.05) is 6.08 Å². The first-order valence-electron chi connectivity index (χ1n) is 2.97. The second-order valence-corrected chi connectivity index (χ2v) is 1.93. The molecule has 0 aromatic carbocycles. The molecule has 3 heteroatoms. The van der Waals surface area contributed by atoms with Crippen LogP contribution in [0.3, 0.4) is 0 Å². The van der Waals surface area contributed by atoms with Crippen LogP contribution in [0.15, 0.2) is 36.1 Å². The standard InChI is InChI=1S/C7H7NO2/c9-8(10)7-5-3-1-2-4-6-7/h1-5H,6H2. The van der Waals surface area contributed by atoms with Gasteiger partial charge in [-0.25, -0.2) is 0 Å². The Morgan fingerprint density at radius 3 is 2.90 bits per heavy atom. The summed E-state index contributed by atoms with van der Waals surface area (Å²) in [6.07, 6.45) is 8.93. The van der Waals surface area contributed by atoms with Crippen LogP contribution < -0.4 is 0 Å². The van der Waals surface area contributed by atoms with Crippen molar-refractivity contribution in [2.75, 3.05) is 0 Å². The van der Waals surface area contributed by atoms with Crippen LogP contribution in [0, 0.1) is 10.1 Å². The van der Waals surface area contributed by atoms with Crippen LogP contribution in [0.2, 0.25) is 0 Å². The van der Waals surface area contributed by atoms with Crippen LogP contribution in [-0.4, -0.2) is 4.92 Å². The SMILES string of the molecule is O=[N+]([O-])C1=CC=CC=CC1. The molecule has 0 saturated carbocycles. The summed E-state index contributed by atoms with van der Waals surface area (Å²) >= 11 is 0. The van der Waals surface area contributed by atoms with Gasteiger partial charge in [0.15, 0.2) is 0 Å². The third-order valence-corrected chi connectivity index (χ3v) is 1.21. The van der Waals surface area contributed by atoms with Gasteiger partial charge >= 0.3 is 0 Å². The fourth-order valence-corrected chi connectivity index (χ4v) is 0.702. The summed E-state index contributed by atoms with van der Waals surface area (Å²) in [6, 6.07) is 0. The predicted octanol–water partition coefficient (Wildman–Crippen LogP) is 1.66. The van der Waals surface area contributed by atoms with E-state index in [9.17, 15) is 10.1 Å². The topological polar surface area (TPSA) is 43.1 Å². The van der Waals surface area contributed by atoms with Gasteiger partial charge in [-0.3, -0.25) is 10.1 Å². The van der Waals surface area contributed by atoms with Gasteiger partial charge in [0.25, 0.3) is 0 Å². The van der Waals surface area contributed by atoms with Gasteiger partial charge in [-0.2, -0.15) is 0 Å². The molecule has 0 aromatic heterocycles. The summed E-state index contributed by atoms with van der Waals surface area (Å²) in [7, 11) is 0. The molecular weight excluding hydrogens is 130 g/mol. The molecule has 0 heterocycles. The normalized spacial score (nSPS) is 16.2. The third-order valence-electron chi connectivity index (χ3n) is 1.21. The summed E-state index contributed by atoms with van der Waals surface area (Å²) in [4.78, 5) is 9.82. The lowest BCUT2D eigenvalue weighted by molar-refractivity contribution is -0.426. The molecule has 0 spiro atoms. The zero-order valence-corrected chi connectivity index (χ0v) is 5.36. The third kappa shape index (κ3) is 1.55. The van der Waals surface area contributed by atoms with E-state index in [-0.39, 0.29) is 10.6 Å². The zero-order valence-electron chi connectivity index (χ0n) is 5.36. The minimum absolute atomic E-state index is 0.241. The van der Waals surface area contributed by atoms with Crippen LogP contribution in [0.25, 0.3) is 0 Å². The van der Waals surface area contributed by atoms with Crippen LogP contribution in [0.1, 0.15) is 6.42 Å². The maximum absolute atomic E-state index is 10.2. The zero-order chi connectivity index (χ0) is 7.40. The lowest BCUT2D eigenvalue weighted by Crippen LogP contribution is -1.95. The van der Waals surface area contributed by atoms with Crippen molar-refractivity contribution in [1.29, 1.82) is 0 Å². The van der Waals surface area contributed by atoms with Gasteiger partial charge in [0.05, 0.1) is 11.3 Å². The highest BCUT2D eigenvalue weighted by Crippen LogP contribution is 2.06. The Morgan fingerprint density at radius 1 is 1.40 bits per heavy atom. The monoisotopic (exact) mass is 137 g/mol. The van der Waals surface area contributed by atoms with Crippen molar-refractivity contribution >= 4 is 0 Å². The first kappa shape index (κ1) is 6.74. The number of hydrogen-bond acceptors (Lipinski definition) is 2. The Labute approximate surface area is 58.5 Å². The highest BCUT2D eigenvalue weighted by Gasteiger charge is 2.06. The molecule has 10 heavy (non-hydrogen) atoms. The van der Waals surface area contributed by atoms with E-state index in [0.717, 1.165) is 0 Å². The van der Waals surface area contributed by atoms with Gasteiger partial charge in [-0.15, -0.1) is 0 Å². The van der Waals surface area contributed by atoms with E-state index in [2.05, 4.69) is 0 Å². The minimum atomic E-state index is -0.361. The van der Waals surface area contributed by atoms with E-state index in [1.165, 1.54) is 6.08 Å². The fourth-order valence-electron chi connectivity index (χ4n) is 0.702. The molecule has 1 aliphatic rings. The summed E-state index contributed by atoms with van der Waals surface area (Å²) < 4.78 is 0. The van der Waals surface area contributed by atoms with Crippen LogP contribution >= 0.6 is 0 Å². The summed E-state index contributed by atoms with van der Waals surface area (Å²) in [5.74, 6) is 0. The predicted molar refractivity (Wildman–Crippen MR) is 38.0 cm³/mol. The first-order chi connectivity index (χ1) is 4.80. The van der Waals surface area contributed by atoms with Crippen molar-refractivity contribution in [2.45, 2.75) is 6.42 Å². The van der Waals surface area contributed by atoms with E-state index >= 15 is 0 Å². The second kappa shape index (κ2) is 2.96. The Morgan fingerprint density at radius 2 is 2.20 bits per heavy atom. The molecule has 0 saturated heterocycles. The van der Waals surface area contributed by atoms with E-state index in [1.54, 1.807) is 24.3 Å². The second-order valence-electron chi connectivity index (χ2n) is 1.93. The number of hydrogen-bond donors (Lipinski definition) is 0. The van der Waals surface area contributed by atoms with Gasteiger partial charge < -0.3 is 0 Å². The van der Waals surface area contributed by atoms with E-state index in [1.807, 2.05) is 0 Å². The summed E-state index contributed by atoms with van der Waals surface area (Å²) in [6.45, 7) is 0. The van der Waals surface area contributed by atoms with Crippen LogP contribution in [0.4, 0.5) is 0 Å². The van der Waals surface area contributed by atoms with Crippen molar-refractivity contribution in [1.82, 2.24) is 0 Å². The van der Waals surface area contributed by atoms with Crippen molar-refractivity contribution in [3.05, 3.63) is 46.2 Å². The minimum Gasteiger partial charge on any atom is -0.259 e. The first-order valence-corrected chi connectivity index (χ1v) is 2.97. The molecule has 0 bridgehead atoms. The molecule has 52 valence electrons. The molecule has 0 radical (unpaired) electrons. The van der Waals surface area contributed by atoms with Crippen molar-refractivity contribution in [3.63, 3.8) is 0 Å². The van der Waals surface area contributed by atoms with Gasteiger partial charge in [0.2, 0.25) is 5.70 Å². The Balaban J connectivity index is 2.78. The van der Waals surface area contributed by atoms with Gasteiger partial charge in [-0.05, 0) is 0 Å². The van der Waals surface area contributed by atoms with Crippen LogP contribution in [-0.2, 0) is 0 Å². The molecule has 0 N–H and O–H groups in total. The maximum atomic E-state index is 10.2. The lowest BCUT2D eigenvalue weighted by Gasteiger charge is -1.88. The Hall–Kier alpha value is -1.38. The molecular formula is C7H7NO2. The number of rotatable bonds is 1. The lowest BCUT2D eigenvalue weighted by atomic mass is 10.3. The summed E-state index contributed by atoms with van der Waals surface area (Å²) in [5.41, 5.74) is 0.241. The average molecular weight is 137 g/mol. The molecule has 3 nitrogen and oxygen atoms in total. The van der Waals surface area contributed by atoms with E-state index < -0.39 is 0 Å². The van der Waals surface area contributed by atoms with E-state index in [4.69, 9.17) is 0 Å². The molecule has 1 rings (SSSR count). The van der Waals surface area contributed by atoms with Gasteiger partial charge in [-0.1, -0.05) is 24.3 Å². The Kier molecular flexibility index (Phi) is 1.99. The molecule has 0 aliphatic heterocycles. The largest absolute Gasteiger partial charge is 0.259 e. The number of allylic oxidation sites excluding steroid dienone is 5. The number of nitro groups is 1.